The van der Waals surface area contributed by atoms with Crippen LogP contribution in [0.4, 0.5) is 22.0 Å². The average molecular weight is 552 g/mol. The zero-order chi connectivity index (χ0) is 25.2. The number of hydrogen-bond acceptors (Lipinski definition) is 6. The molecule has 35 heavy (non-hydrogen) atoms. The molecule has 200 valence electrons. The number of nitrogens with zero attached hydrogens (tertiary/aromatic N) is 2. The molecule has 2 saturated heterocycles. The Morgan fingerprint density at radius 3 is 2.26 bits per heavy atom. The van der Waals surface area contributed by atoms with E-state index in [0.717, 1.165) is 0 Å². The number of carbonyl (C=O) groups is 1. The summed E-state index contributed by atoms with van der Waals surface area (Å²) in [6.07, 6.45) is -5.62. The van der Waals surface area contributed by atoms with Crippen molar-refractivity contribution in [2.24, 2.45) is 0 Å². The largest absolute Gasteiger partial charge is 0.453 e. The third-order valence-corrected chi connectivity index (χ3v) is 9.14. The molecule has 2 fully saturated rings. The van der Waals surface area contributed by atoms with E-state index in [-0.39, 0.29) is 63.0 Å². The summed E-state index contributed by atoms with van der Waals surface area (Å²) >= 11 is 0. The minimum atomic E-state index is -5.60. The summed E-state index contributed by atoms with van der Waals surface area (Å²) < 4.78 is 94.4. The lowest BCUT2D eigenvalue weighted by molar-refractivity contribution is -0.284. The molecular weight excluding hydrogens is 525 g/mol. The number of pyridine rings is 1. The van der Waals surface area contributed by atoms with Crippen LogP contribution in [0.1, 0.15) is 49.3 Å². The van der Waals surface area contributed by atoms with Crippen molar-refractivity contribution in [1.29, 1.82) is 0 Å². The molecule has 1 aromatic heterocycles. The number of ether oxygens (including phenoxy) is 1. The molecule has 15 heteroatoms. The molecule has 2 N–H and O–H groups in total. The molecule has 0 atom stereocenters. The molecule has 2 aliphatic heterocycles. The summed E-state index contributed by atoms with van der Waals surface area (Å²) in [6, 6.07) is 3.00. The monoisotopic (exact) mass is 551 g/mol. The number of aromatic nitrogens is 1. The highest BCUT2D eigenvalue weighted by molar-refractivity contribution is 7.91. The van der Waals surface area contributed by atoms with Gasteiger partial charge in [0.15, 0.2) is 4.75 Å². The van der Waals surface area contributed by atoms with Gasteiger partial charge in [0.05, 0.1) is 0 Å². The van der Waals surface area contributed by atoms with Crippen molar-refractivity contribution >= 4 is 28.3 Å². The van der Waals surface area contributed by atoms with Gasteiger partial charge in [0, 0.05) is 63.4 Å². The van der Waals surface area contributed by atoms with E-state index in [1.807, 2.05) is 0 Å². The van der Waals surface area contributed by atoms with E-state index >= 15 is 0 Å². The van der Waals surface area contributed by atoms with Crippen LogP contribution in [0.2, 0.25) is 0 Å². The van der Waals surface area contributed by atoms with Crippen molar-refractivity contribution in [2.75, 3.05) is 26.3 Å². The van der Waals surface area contributed by atoms with Crippen LogP contribution in [0.25, 0.3) is 0 Å². The molecule has 0 radical (unpaired) electrons. The van der Waals surface area contributed by atoms with Crippen molar-refractivity contribution in [3.8, 4) is 0 Å². The Labute approximate surface area is 205 Å². The number of amides is 1. The first-order valence-electron chi connectivity index (χ1n) is 10.8. The van der Waals surface area contributed by atoms with E-state index in [1.54, 1.807) is 6.07 Å². The van der Waals surface area contributed by atoms with Gasteiger partial charge in [-0.25, -0.2) is 18.2 Å². The summed E-state index contributed by atoms with van der Waals surface area (Å²) in [5, 5.41) is 9.12. The van der Waals surface area contributed by atoms with E-state index < -0.39 is 45.6 Å². The van der Waals surface area contributed by atoms with Crippen LogP contribution in [-0.4, -0.2) is 72.0 Å². The summed E-state index contributed by atoms with van der Waals surface area (Å²) in [5.74, 6) is -5.92. The normalized spacial score (nSPS) is 20.2. The van der Waals surface area contributed by atoms with Gasteiger partial charge < -0.3 is 4.74 Å². The van der Waals surface area contributed by atoms with Gasteiger partial charge in [0.1, 0.15) is 0 Å². The first kappa shape index (κ1) is 29.6. The van der Waals surface area contributed by atoms with Gasteiger partial charge in [-0.2, -0.15) is 22.0 Å². The number of aryl methyl sites for hydroxylation is 1. The third-order valence-electron chi connectivity index (χ3n) is 6.51. The Bertz CT molecular complexity index is 964. The van der Waals surface area contributed by atoms with Gasteiger partial charge in [-0.3, -0.25) is 15.0 Å². The highest BCUT2D eigenvalue weighted by atomic mass is 35.5. The Hall–Kier alpha value is -1.61. The van der Waals surface area contributed by atoms with Crippen LogP contribution >= 0.6 is 12.4 Å². The smallest absolute Gasteiger partial charge is 0.381 e. The SMILES string of the molecule is Cl.O=C(NO)C1(S(=O)(=O)N2CCC(c3ccc(CCC(F)(F)C(F)(F)F)cn3)CC2)CCOCC1. The molecule has 0 saturated carbocycles. The lowest BCUT2D eigenvalue weighted by Crippen LogP contribution is -2.60. The second kappa shape index (κ2) is 11.2. The van der Waals surface area contributed by atoms with Gasteiger partial charge in [0.2, 0.25) is 10.0 Å². The fourth-order valence-electron chi connectivity index (χ4n) is 4.31. The van der Waals surface area contributed by atoms with E-state index in [1.165, 1.54) is 22.0 Å². The maximum absolute atomic E-state index is 13.3. The van der Waals surface area contributed by atoms with Crippen molar-refractivity contribution in [3.05, 3.63) is 29.6 Å². The first-order valence-corrected chi connectivity index (χ1v) is 12.2. The number of rotatable bonds is 7. The van der Waals surface area contributed by atoms with Crippen molar-refractivity contribution < 1.29 is 45.1 Å². The van der Waals surface area contributed by atoms with Crippen LogP contribution in [0, 0.1) is 0 Å². The fourth-order valence-corrected chi connectivity index (χ4v) is 6.46. The topological polar surface area (TPSA) is 109 Å². The molecule has 0 aromatic carbocycles. The number of hydroxylamine groups is 1. The van der Waals surface area contributed by atoms with E-state index in [9.17, 15) is 35.2 Å². The van der Waals surface area contributed by atoms with E-state index in [2.05, 4.69) is 4.98 Å². The highest BCUT2D eigenvalue weighted by Gasteiger charge is 2.57. The minimum absolute atomic E-state index is 0. The number of hydrogen-bond donors (Lipinski definition) is 2. The number of carbonyl (C=O) groups excluding carboxylic acids is 1. The van der Waals surface area contributed by atoms with Crippen LogP contribution in [0.3, 0.4) is 0 Å². The minimum Gasteiger partial charge on any atom is -0.381 e. The number of piperidine rings is 1. The van der Waals surface area contributed by atoms with E-state index in [4.69, 9.17) is 9.94 Å². The summed E-state index contributed by atoms with van der Waals surface area (Å²) in [7, 11) is -4.11. The molecule has 0 unspecified atom stereocenters. The molecule has 1 aromatic rings. The summed E-state index contributed by atoms with van der Waals surface area (Å²) in [4.78, 5) is 16.5. The van der Waals surface area contributed by atoms with Gasteiger partial charge in [-0.15, -0.1) is 12.4 Å². The highest BCUT2D eigenvalue weighted by Crippen LogP contribution is 2.39. The van der Waals surface area contributed by atoms with Gasteiger partial charge in [0.25, 0.3) is 5.91 Å². The zero-order valence-electron chi connectivity index (χ0n) is 18.6. The number of nitrogens with one attached hydrogen (secondary N) is 1. The molecular formula is C20H27ClF5N3O5S. The number of halogens is 6. The number of alkyl halides is 5. The van der Waals surface area contributed by atoms with Gasteiger partial charge in [-0.1, -0.05) is 6.07 Å². The summed E-state index contributed by atoms with van der Waals surface area (Å²) in [6.45, 7) is 0.341. The molecule has 0 spiro atoms. The van der Waals surface area contributed by atoms with Gasteiger partial charge in [-0.05, 0) is 30.9 Å². The van der Waals surface area contributed by atoms with Crippen LogP contribution in [0.5, 0.6) is 0 Å². The molecule has 1 amide bonds. The van der Waals surface area contributed by atoms with Crippen molar-refractivity contribution in [1.82, 2.24) is 14.8 Å². The Morgan fingerprint density at radius 1 is 1.17 bits per heavy atom. The average Bonchev–Trinajstić information content (AvgIpc) is 2.82. The maximum Gasteiger partial charge on any atom is 0.453 e. The Morgan fingerprint density at radius 2 is 1.77 bits per heavy atom. The molecule has 0 aliphatic carbocycles. The summed E-state index contributed by atoms with van der Waals surface area (Å²) in [5.41, 5.74) is 2.29. The second-order valence-corrected chi connectivity index (χ2v) is 10.8. The predicted octanol–water partition coefficient (Wildman–Crippen LogP) is 3.20. The Kier molecular flexibility index (Phi) is 9.48. The molecule has 2 aliphatic rings. The quantitative estimate of drug-likeness (QED) is 0.306. The third kappa shape index (κ3) is 6.04. The zero-order valence-corrected chi connectivity index (χ0v) is 20.2. The van der Waals surface area contributed by atoms with E-state index in [0.29, 0.717) is 18.5 Å². The lowest BCUT2D eigenvalue weighted by Gasteiger charge is -2.40. The second-order valence-electron chi connectivity index (χ2n) is 8.52. The molecule has 0 bridgehead atoms. The standard InChI is InChI=1S/C20H26F5N3O5S.ClH/c21-19(22,20(23,24)25)6-3-14-1-2-16(26-13-14)15-4-9-28(10-5-15)34(31,32)18(17(29)27-30)7-11-33-12-8-18;/h1-2,13,15,30H,3-12H2,(H,27,29);1H. The van der Waals surface area contributed by atoms with Crippen molar-refractivity contribution in [3.63, 3.8) is 0 Å². The molecule has 3 heterocycles. The molecule has 3 rings (SSSR count). The fraction of sp³-hybridized carbons (Fsp3) is 0.700. The predicted molar refractivity (Wildman–Crippen MR) is 116 cm³/mol. The van der Waals surface area contributed by atoms with Crippen molar-refractivity contribution in [2.45, 2.75) is 61.3 Å². The van der Waals surface area contributed by atoms with Crippen LogP contribution in [0.15, 0.2) is 18.3 Å². The lowest BCUT2D eigenvalue weighted by atomic mass is 9.93. The van der Waals surface area contributed by atoms with Crippen LogP contribution < -0.4 is 5.48 Å². The molecule has 8 nitrogen and oxygen atoms in total. The van der Waals surface area contributed by atoms with Gasteiger partial charge >= 0.3 is 12.1 Å². The Balaban J connectivity index is 0.00000432. The van der Waals surface area contributed by atoms with Crippen LogP contribution in [-0.2, 0) is 26.0 Å². The number of sulfonamides is 1. The maximum atomic E-state index is 13.3. The first-order chi connectivity index (χ1) is 15.8.